The Morgan fingerprint density at radius 2 is 1.77 bits per heavy atom. The molecule has 0 aliphatic heterocycles. The van der Waals surface area contributed by atoms with Crippen molar-refractivity contribution in [3.63, 3.8) is 0 Å². The Bertz CT molecular complexity index is 958. The summed E-state index contributed by atoms with van der Waals surface area (Å²) in [5, 5.41) is 11.2. The zero-order chi connectivity index (χ0) is 18.6. The molecule has 1 aliphatic rings. The molecule has 2 aromatic rings. The summed E-state index contributed by atoms with van der Waals surface area (Å²) in [6.45, 7) is 0. The second-order valence-electron chi connectivity index (χ2n) is 6.14. The molecule has 2 aromatic carbocycles. The number of hydrogen-bond donors (Lipinski definition) is 1. The Morgan fingerprint density at radius 3 is 2.38 bits per heavy atom. The monoisotopic (exact) mass is 386 g/mol. The Morgan fingerprint density at radius 1 is 1.08 bits per heavy atom. The third-order valence-electron chi connectivity index (χ3n) is 4.28. The molecule has 26 heavy (non-hydrogen) atoms. The second kappa shape index (κ2) is 7.62. The van der Waals surface area contributed by atoms with Gasteiger partial charge in [-0.05, 0) is 34.9 Å². The van der Waals surface area contributed by atoms with Crippen LogP contribution in [0.3, 0.4) is 0 Å². The largest absolute Gasteiger partial charge is 0.371 e. The lowest BCUT2D eigenvalue weighted by molar-refractivity contribution is 0.176. The summed E-state index contributed by atoms with van der Waals surface area (Å²) < 4.78 is 25.2. The number of rotatable bonds is 5. The fraction of sp³-hybridized carbons (Fsp3) is 0.143. The van der Waals surface area contributed by atoms with Crippen molar-refractivity contribution in [3.8, 4) is 0 Å². The lowest BCUT2D eigenvalue weighted by Crippen LogP contribution is -2.38. The molecule has 3 rings (SSSR count). The summed E-state index contributed by atoms with van der Waals surface area (Å²) >= 11 is 5.83. The third kappa shape index (κ3) is 4.15. The Hall–Kier alpha value is -2.14. The van der Waals surface area contributed by atoms with Crippen LogP contribution in [0.1, 0.15) is 17.5 Å². The van der Waals surface area contributed by atoms with Crippen LogP contribution in [0.5, 0.6) is 0 Å². The first-order chi connectivity index (χ1) is 12.4. The van der Waals surface area contributed by atoms with E-state index in [1.165, 1.54) is 6.08 Å². The number of aliphatic hydroxyl groups is 1. The number of hydrogen-bond acceptors (Lipinski definition) is 3. The maximum atomic E-state index is 12.6. The van der Waals surface area contributed by atoms with Gasteiger partial charge in [-0.2, -0.15) is 0 Å². The topological polar surface area (TPSA) is 54.4 Å². The van der Waals surface area contributed by atoms with Crippen molar-refractivity contribution >= 4 is 33.1 Å². The molecule has 3 nitrogen and oxygen atoms in total. The third-order valence-corrected chi connectivity index (χ3v) is 6.54. The molecular weight excluding hydrogens is 368 g/mol. The summed E-state index contributed by atoms with van der Waals surface area (Å²) in [7, 11) is -3.76. The summed E-state index contributed by atoms with van der Waals surface area (Å²) in [5.74, 6) is -0.245. The van der Waals surface area contributed by atoms with Crippen molar-refractivity contribution in [1.29, 1.82) is 0 Å². The molecule has 0 fully saturated rings. The Balaban J connectivity index is 1.70. The maximum absolute atomic E-state index is 12.6. The molecule has 0 amide bonds. The fourth-order valence-corrected chi connectivity index (χ4v) is 4.09. The average molecular weight is 387 g/mol. The molecule has 5 heteroatoms. The molecule has 0 saturated heterocycles. The zero-order valence-electron chi connectivity index (χ0n) is 14.0. The maximum Gasteiger partial charge on any atom is 0.188 e. The van der Waals surface area contributed by atoms with Crippen molar-refractivity contribution in [2.75, 3.05) is 5.75 Å². The van der Waals surface area contributed by atoms with E-state index in [0.717, 1.165) is 16.7 Å². The van der Waals surface area contributed by atoms with E-state index < -0.39 is 14.8 Å². The van der Waals surface area contributed by atoms with Crippen molar-refractivity contribution in [1.82, 2.24) is 0 Å². The van der Waals surface area contributed by atoms with Crippen LogP contribution in [0, 0.1) is 0 Å². The van der Waals surface area contributed by atoms with Crippen LogP contribution in [0.4, 0.5) is 0 Å². The van der Waals surface area contributed by atoms with Gasteiger partial charge < -0.3 is 5.11 Å². The SMILES string of the molecule is O=S(=O)(CC=Cc1ccc(Cl)cc1)C1(O)C=CC(c2ccccc2)=CC1. The summed E-state index contributed by atoms with van der Waals surface area (Å²) in [5.41, 5.74) is 2.75. The van der Waals surface area contributed by atoms with Gasteiger partial charge >= 0.3 is 0 Å². The highest BCUT2D eigenvalue weighted by atomic mass is 35.5. The quantitative estimate of drug-likeness (QED) is 0.823. The molecule has 0 radical (unpaired) electrons. The molecular formula is C21H19ClO3S. The van der Waals surface area contributed by atoms with E-state index in [1.54, 1.807) is 48.6 Å². The molecule has 0 heterocycles. The van der Waals surface area contributed by atoms with E-state index in [0.29, 0.717) is 5.02 Å². The van der Waals surface area contributed by atoms with Crippen LogP contribution >= 0.6 is 11.6 Å². The van der Waals surface area contributed by atoms with Crippen molar-refractivity contribution in [2.24, 2.45) is 0 Å². The molecule has 1 N–H and O–H groups in total. The molecule has 134 valence electrons. The lowest BCUT2D eigenvalue weighted by Gasteiger charge is -2.26. The molecule has 0 saturated carbocycles. The van der Waals surface area contributed by atoms with Gasteiger partial charge in [-0.25, -0.2) is 8.42 Å². The van der Waals surface area contributed by atoms with Gasteiger partial charge in [-0.15, -0.1) is 0 Å². The first-order valence-electron chi connectivity index (χ1n) is 8.21. The number of sulfone groups is 1. The summed E-state index contributed by atoms with van der Waals surface area (Å²) in [6.07, 6.45) is 8.08. The minimum Gasteiger partial charge on any atom is -0.371 e. The first kappa shape index (κ1) is 18.6. The summed E-state index contributed by atoms with van der Waals surface area (Å²) in [6, 6.07) is 16.7. The second-order valence-corrected chi connectivity index (χ2v) is 8.85. The Labute approximate surface area is 158 Å². The minimum atomic E-state index is -3.76. The van der Waals surface area contributed by atoms with E-state index in [1.807, 2.05) is 30.3 Å². The van der Waals surface area contributed by atoms with E-state index in [4.69, 9.17) is 11.6 Å². The number of halogens is 1. The van der Waals surface area contributed by atoms with Crippen molar-refractivity contribution in [2.45, 2.75) is 11.4 Å². The van der Waals surface area contributed by atoms with Gasteiger partial charge in [0.05, 0.1) is 5.75 Å². The normalized spacial score (nSPS) is 20.3. The number of allylic oxidation sites excluding steroid dienone is 2. The van der Waals surface area contributed by atoms with E-state index in [-0.39, 0.29) is 12.2 Å². The van der Waals surface area contributed by atoms with Crippen LogP contribution in [0.15, 0.2) is 78.9 Å². The molecule has 1 unspecified atom stereocenters. The van der Waals surface area contributed by atoms with E-state index in [9.17, 15) is 13.5 Å². The molecule has 1 atom stereocenters. The van der Waals surface area contributed by atoms with Crippen molar-refractivity contribution < 1.29 is 13.5 Å². The highest BCUT2D eigenvalue weighted by molar-refractivity contribution is 7.92. The fourth-order valence-electron chi connectivity index (χ4n) is 2.72. The molecule has 0 aromatic heterocycles. The lowest BCUT2D eigenvalue weighted by atomic mass is 9.98. The van der Waals surface area contributed by atoms with E-state index in [2.05, 4.69) is 0 Å². The Kier molecular flexibility index (Phi) is 5.47. The van der Waals surface area contributed by atoms with Crippen LogP contribution in [-0.2, 0) is 9.84 Å². The highest BCUT2D eigenvalue weighted by Crippen LogP contribution is 2.31. The predicted molar refractivity (Wildman–Crippen MR) is 107 cm³/mol. The van der Waals surface area contributed by atoms with Gasteiger partial charge in [0.2, 0.25) is 0 Å². The number of benzene rings is 2. The van der Waals surface area contributed by atoms with Crippen LogP contribution < -0.4 is 0 Å². The van der Waals surface area contributed by atoms with Gasteiger partial charge in [0.1, 0.15) is 0 Å². The molecule has 1 aliphatic carbocycles. The van der Waals surface area contributed by atoms with Crippen LogP contribution in [0.2, 0.25) is 5.02 Å². The van der Waals surface area contributed by atoms with E-state index >= 15 is 0 Å². The van der Waals surface area contributed by atoms with Gasteiger partial charge in [0.15, 0.2) is 14.8 Å². The zero-order valence-corrected chi connectivity index (χ0v) is 15.6. The smallest absolute Gasteiger partial charge is 0.188 e. The average Bonchev–Trinajstić information content (AvgIpc) is 2.64. The minimum absolute atomic E-state index is 0.0326. The standard InChI is InChI=1S/C21H19ClO3S/c22-20-10-8-17(9-11-20)5-4-16-26(24,25)21(23)14-12-19(13-15-21)18-6-2-1-3-7-18/h1-14,23H,15-16H2. The van der Waals surface area contributed by atoms with Crippen LogP contribution in [0.25, 0.3) is 11.6 Å². The first-order valence-corrected chi connectivity index (χ1v) is 10.2. The van der Waals surface area contributed by atoms with Gasteiger partial charge in [-0.3, -0.25) is 0 Å². The van der Waals surface area contributed by atoms with Gasteiger partial charge in [-0.1, -0.05) is 78.4 Å². The highest BCUT2D eigenvalue weighted by Gasteiger charge is 2.38. The predicted octanol–water partition coefficient (Wildman–Crippen LogP) is 4.50. The molecule has 0 bridgehead atoms. The van der Waals surface area contributed by atoms with Crippen LogP contribution in [-0.4, -0.2) is 24.2 Å². The van der Waals surface area contributed by atoms with Crippen molar-refractivity contribution in [3.05, 3.63) is 95.1 Å². The summed E-state index contributed by atoms with van der Waals surface area (Å²) in [4.78, 5) is -1.88. The van der Waals surface area contributed by atoms with Gasteiger partial charge in [0, 0.05) is 11.4 Å². The molecule has 0 spiro atoms. The van der Waals surface area contributed by atoms with Gasteiger partial charge in [0.25, 0.3) is 0 Å².